The van der Waals surface area contributed by atoms with E-state index in [1.165, 1.54) is 73.8 Å². The second-order valence-corrected chi connectivity index (χ2v) is 18.0. The van der Waals surface area contributed by atoms with Crippen molar-refractivity contribution in [1.29, 1.82) is 0 Å². The summed E-state index contributed by atoms with van der Waals surface area (Å²) >= 11 is 0. The van der Waals surface area contributed by atoms with E-state index in [-0.39, 0.29) is 50.7 Å². The number of halogens is 2. The van der Waals surface area contributed by atoms with E-state index in [0.29, 0.717) is 0 Å². The Kier molecular flexibility index (Phi) is 12.3. The summed E-state index contributed by atoms with van der Waals surface area (Å²) in [4.78, 5) is 0. The van der Waals surface area contributed by atoms with Gasteiger partial charge < -0.3 is 24.8 Å². The minimum atomic E-state index is -0.893. The zero-order valence-corrected chi connectivity index (χ0v) is 24.6. The summed E-state index contributed by atoms with van der Waals surface area (Å²) < 4.78 is 0. The van der Waals surface area contributed by atoms with Gasteiger partial charge >= 0.3 is 25.8 Å². The largest absolute Gasteiger partial charge is 4.00 e. The molecule has 0 aromatic rings. The Bertz CT molecular complexity index is 558. The molecule has 0 radical (unpaired) electrons. The van der Waals surface area contributed by atoms with Crippen molar-refractivity contribution in [2.75, 3.05) is 0 Å². The Balaban J connectivity index is 0.000000451. The maximum atomic E-state index is 3.62. The van der Waals surface area contributed by atoms with Crippen LogP contribution in [-0.2, 0) is 25.8 Å². The standard InChI is InChI=1S/2C11H17Si.2ClH.Hf/c2*1-3-10-5-6-11(9-10)12(2)7-4-8-12;;;/h2*6H,3-5,7-8H2,1-2H3;2*1H;/q2*-1;;;+4/p-2. The fourth-order valence-electron chi connectivity index (χ4n) is 4.25. The van der Waals surface area contributed by atoms with Crippen molar-refractivity contribution in [3.05, 3.63) is 45.8 Å². The summed E-state index contributed by atoms with van der Waals surface area (Å²) in [5.41, 5.74) is 3.07. The molecule has 2 aliphatic heterocycles. The van der Waals surface area contributed by atoms with E-state index in [1.807, 2.05) is 0 Å². The second-order valence-electron chi connectivity index (χ2n) is 8.64. The van der Waals surface area contributed by atoms with Gasteiger partial charge in [-0.05, 0) is 0 Å². The Labute approximate surface area is 201 Å². The van der Waals surface area contributed by atoms with E-state index >= 15 is 0 Å². The third-order valence-corrected chi connectivity index (χ3v) is 15.9. The second kappa shape index (κ2) is 11.9. The molecule has 2 saturated heterocycles. The molecule has 0 aromatic carbocycles. The molecule has 27 heavy (non-hydrogen) atoms. The molecule has 0 unspecified atom stereocenters. The van der Waals surface area contributed by atoms with Gasteiger partial charge in [-0.25, -0.2) is 22.5 Å². The van der Waals surface area contributed by atoms with Crippen molar-refractivity contribution < 1.29 is 50.7 Å². The number of allylic oxidation sites excluding steroid dienone is 8. The van der Waals surface area contributed by atoms with Gasteiger partial charge in [-0.3, -0.25) is 12.2 Å². The average molecular weight is 604 g/mol. The summed E-state index contributed by atoms with van der Waals surface area (Å²) in [7, 11) is -1.79. The molecule has 0 saturated carbocycles. The summed E-state index contributed by atoms with van der Waals surface area (Å²) in [5.74, 6) is 0. The number of rotatable bonds is 4. The van der Waals surface area contributed by atoms with Crippen LogP contribution < -0.4 is 24.8 Å². The summed E-state index contributed by atoms with van der Waals surface area (Å²) in [5, 5.41) is 3.29. The number of hydrogen-bond donors (Lipinski definition) is 0. The number of hydrogen-bond acceptors (Lipinski definition) is 0. The minimum absolute atomic E-state index is 0. The third-order valence-electron chi connectivity index (χ3n) is 6.80. The summed E-state index contributed by atoms with van der Waals surface area (Å²) in [6, 6.07) is 6.07. The molecular formula is C22H34Cl2HfSi2. The van der Waals surface area contributed by atoms with Gasteiger partial charge in [-0.1, -0.05) is 89.6 Å². The predicted octanol–water partition coefficient (Wildman–Crippen LogP) is 0.961. The van der Waals surface area contributed by atoms with E-state index in [4.69, 9.17) is 0 Å². The first-order chi connectivity index (χ1) is 11.5. The van der Waals surface area contributed by atoms with Crippen molar-refractivity contribution in [2.24, 2.45) is 0 Å². The molecule has 0 N–H and O–H groups in total. The molecule has 0 atom stereocenters. The fourth-order valence-corrected chi connectivity index (χ4v) is 10.3. The molecular weight excluding hydrogens is 570 g/mol. The van der Waals surface area contributed by atoms with Gasteiger partial charge in [0.1, 0.15) is 0 Å². The van der Waals surface area contributed by atoms with Gasteiger partial charge in [0.2, 0.25) is 0 Å². The molecule has 148 valence electrons. The van der Waals surface area contributed by atoms with Crippen LogP contribution in [0.15, 0.2) is 33.7 Å². The SMILES string of the molecule is CCC1=[C-]C([Si]2(C)CCC2)=CC1.CCC1=[C-]C([Si]2(C)CCC2)=CC1.[Cl-].[Cl-].[Hf+4]. The van der Waals surface area contributed by atoms with Gasteiger partial charge in [0.25, 0.3) is 0 Å². The predicted molar refractivity (Wildman–Crippen MR) is 111 cm³/mol. The zero-order chi connectivity index (χ0) is 17.2. The quantitative estimate of drug-likeness (QED) is 0.332. The monoisotopic (exact) mass is 604 g/mol. The van der Waals surface area contributed by atoms with Crippen molar-refractivity contribution in [3.8, 4) is 0 Å². The zero-order valence-electron chi connectivity index (χ0n) is 17.5. The summed E-state index contributed by atoms with van der Waals surface area (Å²) in [6.45, 7) is 9.52. The first-order valence-electron chi connectivity index (χ1n) is 10.1. The van der Waals surface area contributed by atoms with Gasteiger partial charge in [0.15, 0.2) is 0 Å². The molecule has 2 aliphatic carbocycles. The molecule has 0 amide bonds. The molecule has 0 nitrogen and oxygen atoms in total. The van der Waals surface area contributed by atoms with Crippen LogP contribution in [0.4, 0.5) is 0 Å². The van der Waals surface area contributed by atoms with Crippen molar-refractivity contribution in [1.82, 2.24) is 0 Å². The molecule has 4 rings (SSSR count). The van der Waals surface area contributed by atoms with Crippen LogP contribution in [0.5, 0.6) is 0 Å². The molecule has 2 fully saturated rings. The maximum absolute atomic E-state index is 3.62. The van der Waals surface area contributed by atoms with Crippen molar-refractivity contribution in [2.45, 2.75) is 89.6 Å². The maximum Gasteiger partial charge on any atom is 4.00 e. The Morgan fingerprint density at radius 3 is 1.26 bits per heavy atom. The van der Waals surface area contributed by atoms with Gasteiger partial charge in [0, 0.05) is 16.1 Å². The van der Waals surface area contributed by atoms with Crippen molar-refractivity contribution >= 4 is 16.1 Å². The van der Waals surface area contributed by atoms with E-state index in [0.717, 1.165) is 0 Å². The molecule has 2 heterocycles. The summed E-state index contributed by atoms with van der Waals surface area (Å²) in [6.07, 6.45) is 19.9. The minimum Gasteiger partial charge on any atom is -1.00 e. The molecule has 0 bridgehead atoms. The molecule has 4 aliphatic rings. The molecule has 0 spiro atoms. The van der Waals surface area contributed by atoms with Crippen LogP contribution in [0.3, 0.4) is 0 Å². The van der Waals surface area contributed by atoms with E-state index in [1.54, 1.807) is 10.4 Å². The van der Waals surface area contributed by atoms with Crippen molar-refractivity contribution in [3.63, 3.8) is 0 Å². The third kappa shape index (κ3) is 6.41. The average Bonchev–Trinajstić information content (AvgIpc) is 3.20. The topological polar surface area (TPSA) is 0 Å². The van der Waals surface area contributed by atoms with Gasteiger partial charge in [-0.2, -0.15) is 11.1 Å². The van der Waals surface area contributed by atoms with Gasteiger partial charge in [-0.15, -0.1) is 0 Å². The molecule has 5 heteroatoms. The van der Waals surface area contributed by atoms with Crippen LogP contribution in [0.1, 0.15) is 52.4 Å². The smallest absolute Gasteiger partial charge is 1.00 e. The Morgan fingerprint density at radius 1 is 0.741 bits per heavy atom. The van der Waals surface area contributed by atoms with E-state index in [9.17, 15) is 0 Å². The van der Waals surface area contributed by atoms with Crippen LogP contribution in [0.25, 0.3) is 0 Å². The normalized spacial score (nSPS) is 23.3. The van der Waals surface area contributed by atoms with Crippen LogP contribution >= 0.6 is 0 Å². The first kappa shape index (κ1) is 27.8. The van der Waals surface area contributed by atoms with E-state index in [2.05, 4.69) is 51.2 Å². The first-order valence-corrected chi connectivity index (χ1v) is 16.0. The van der Waals surface area contributed by atoms with Crippen LogP contribution in [-0.4, -0.2) is 16.1 Å². The van der Waals surface area contributed by atoms with Crippen LogP contribution in [0.2, 0.25) is 37.3 Å². The fraction of sp³-hybridized carbons (Fsp3) is 0.636. The molecule has 0 aromatic heterocycles. The van der Waals surface area contributed by atoms with Crippen LogP contribution in [0, 0.1) is 12.2 Å². The Morgan fingerprint density at radius 2 is 1.07 bits per heavy atom. The van der Waals surface area contributed by atoms with E-state index < -0.39 is 16.1 Å². The van der Waals surface area contributed by atoms with Gasteiger partial charge in [0.05, 0.1) is 0 Å². The Hall–Kier alpha value is 0.844.